The molecule has 7 heteroatoms. The van der Waals surface area contributed by atoms with E-state index in [2.05, 4.69) is 20.9 Å². The molecule has 0 N–H and O–H groups in total. The number of hydrogen-bond acceptors (Lipinski definition) is 5. The van der Waals surface area contributed by atoms with E-state index in [4.69, 9.17) is 4.74 Å². The molecule has 4 rings (SSSR count). The number of amides is 1. The second-order valence-corrected chi connectivity index (χ2v) is 7.05. The van der Waals surface area contributed by atoms with Gasteiger partial charge in [-0.1, -0.05) is 6.07 Å². The summed E-state index contributed by atoms with van der Waals surface area (Å²) >= 11 is 0. The molecule has 2 atom stereocenters. The third-order valence-electron chi connectivity index (χ3n) is 5.59. The van der Waals surface area contributed by atoms with Gasteiger partial charge in [-0.25, -0.2) is 4.98 Å². The van der Waals surface area contributed by atoms with Crippen molar-refractivity contribution >= 4 is 5.91 Å². The molecule has 0 saturated carbocycles. The van der Waals surface area contributed by atoms with Crippen LogP contribution in [0.5, 0.6) is 0 Å². The molecule has 0 unspecified atom stereocenters. The van der Waals surface area contributed by atoms with Crippen molar-refractivity contribution in [1.82, 2.24) is 24.3 Å². The lowest BCUT2D eigenvalue weighted by atomic mass is 9.87. The predicted molar refractivity (Wildman–Crippen MR) is 96.3 cm³/mol. The van der Waals surface area contributed by atoms with Gasteiger partial charge in [-0.2, -0.15) is 0 Å². The molecule has 0 aromatic carbocycles. The first-order valence-electron chi connectivity index (χ1n) is 9.18. The summed E-state index contributed by atoms with van der Waals surface area (Å²) < 4.78 is 7.47. The highest BCUT2D eigenvalue weighted by Gasteiger charge is 2.44. The number of piperidine rings is 1. The van der Waals surface area contributed by atoms with Gasteiger partial charge in [0, 0.05) is 57.6 Å². The van der Waals surface area contributed by atoms with E-state index in [1.54, 1.807) is 25.8 Å². The molecule has 2 aromatic heterocycles. The number of nitrogens with zero attached hydrogens (tertiary/aromatic N) is 5. The summed E-state index contributed by atoms with van der Waals surface area (Å²) in [6.45, 7) is 2.94. The van der Waals surface area contributed by atoms with Gasteiger partial charge >= 0.3 is 0 Å². The zero-order chi connectivity index (χ0) is 17.9. The molecule has 0 bridgehead atoms. The minimum absolute atomic E-state index is 0.170. The van der Waals surface area contributed by atoms with Gasteiger partial charge in [0.15, 0.2) is 0 Å². The Morgan fingerprint density at radius 3 is 2.77 bits per heavy atom. The van der Waals surface area contributed by atoms with E-state index in [9.17, 15) is 4.79 Å². The molecule has 2 saturated heterocycles. The van der Waals surface area contributed by atoms with Crippen molar-refractivity contribution in [1.29, 1.82) is 0 Å². The molecular formula is C19H25N5O2. The molecule has 138 valence electrons. The number of likely N-dealkylation sites (tertiary alicyclic amines) is 2. The van der Waals surface area contributed by atoms with Gasteiger partial charge in [-0.05, 0) is 24.5 Å². The maximum Gasteiger partial charge on any atom is 0.242 e. The molecule has 7 nitrogen and oxygen atoms in total. The quantitative estimate of drug-likeness (QED) is 0.810. The molecule has 2 aromatic rings. The van der Waals surface area contributed by atoms with Crippen LogP contribution in [0.2, 0.25) is 0 Å². The Balaban J connectivity index is 1.35. The van der Waals surface area contributed by atoms with Crippen molar-refractivity contribution in [3.63, 3.8) is 0 Å². The van der Waals surface area contributed by atoms with E-state index in [0.717, 1.165) is 32.5 Å². The monoisotopic (exact) mass is 355 g/mol. The van der Waals surface area contributed by atoms with Gasteiger partial charge in [-0.3, -0.25) is 14.7 Å². The number of hydrogen-bond donors (Lipinski definition) is 0. The van der Waals surface area contributed by atoms with Crippen molar-refractivity contribution in [2.75, 3.05) is 26.7 Å². The molecule has 2 aliphatic rings. The summed E-state index contributed by atoms with van der Waals surface area (Å²) in [6, 6.07) is 4.87. The van der Waals surface area contributed by atoms with Gasteiger partial charge < -0.3 is 14.2 Å². The molecule has 26 heavy (non-hydrogen) atoms. The van der Waals surface area contributed by atoms with Crippen molar-refractivity contribution in [2.24, 2.45) is 0 Å². The maximum absolute atomic E-state index is 12.4. The second-order valence-electron chi connectivity index (χ2n) is 7.05. The number of rotatable bonds is 5. The van der Waals surface area contributed by atoms with Crippen LogP contribution in [0, 0.1) is 0 Å². The smallest absolute Gasteiger partial charge is 0.242 e. The fourth-order valence-electron chi connectivity index (χ4n) is 4.12. The van der Waals surface area contributed by atoms with Crippen LogP contribution in [0.4, 0.5) is 0 Å². The van der Waals surface area contributed by atoms with Crippen LogP contribution in [0.3, 0.4) is 0 Å². The average molecular weight is 355 g/mol. The van der Waals surface area contributed by atoms with Gasteiger partial charge in [0.1, 0.15) is 6.54 Å². The zero-order valence-corrected chi connectivity index (χ0v) is 15.1. The minimum Gasteiger partial charge on any atom is -0.378 e. The number of imidazole rings is 1. The van der Waals surface area contributed by atoms with Crippen LogP contribution in [0.25, 0.3) is 0 Å². The summed E-state index contributed by atoms with van der Waals surface area (Å²) in [6.07, 6.45) is 11.2. The van der Waals surface area contributed by atoms with Crippen molar-refractivity contribution in [3.05, 3.63) is 48.8 Å². The number of pyridine rings is 1. The molecule has 0 spiro atoms. The molecule has 1 amide bonds. The van der Waals surface area contributed by atoms with Crippen molar-refractivity contribution < 1.29 is 9.53 Å². The number of methoxy groups -OCH3 is 1. The van der Waals surface area contributed by atoms with Crippen LogP contribution in [-0.4, -0.2) is 69.1 Å². The second kappa shape index (κ2) is 7.55. The Bertz CT molecular complexity index is 713. The third-order valence-corrected chi connectivity index (χ3v) is 5.59. The SMILES string of the molecule is CO[C@H]1CN(C2CCN(C(=O)Cn3ccnc3)CC2)[C@H]1c1cccnc1. The van der Waals surface area contributed by atoms with Gasteiger partial charge in [0.2, 0.25) is 5.91 Å². The first-order valence-corrected chi connectivity index (χ1v) is 9.18. The van der Waals surface area contributed by atoms with Gasteiger partial charge in [-0.15, -0.1) is 0 Å². The molecule has 4 heterocycles. The Morgan fingerprint density at radius 1 is 1.27 bits per heavy atom. The summed E-state index contributed by atoms with van der Waals surface area (Å²) in [5.41, 5.74) is 1.21. The van der Waals surface area contributed by atoms with E-state index in [1.807, 2.05) is 27.9 Å². The van der Waals surface area contributed by atoms with E-state index in [-0.39, 0.29) is 18.1 Å². The molecule has 0 aliphatic carbocycles. The van der Waals surface area contributed by atoms with Crippen molar-refractivity contribution in [2.45, 2.75) is 37.6 Å². The van der Waals surface area contributed by atoms with Crippen LogP contribution in [0.15, 0.2) is 43.2 Å². The predicted octanol–water partition coefficient (Wildman–Crippen LogP) is 1.34. The summed E-state index contributed by atoms with van der Waals surface area (Å²) in [7, 11) is 1.78. The molecular weight excluding hydrogens is 330 g/mol. The van der Waals surface area contributed by atoms with Crippen LogP contribution in [-0.2, 0) is 16.1 Å². The number of aromatic nitrogens is 3. The fraction of sp³-hybridized carbons (Fsp3) is 0.526. The molecule has 0 radical (unpaired) electrons. The van der Waals surface area contributed by atoms with Crippen LogP contribution >= 0.6 is 0 Å². The van der Waals surface area contributed by atoms with Crippen molar-refractivity contribution in [3.8, 4) is 0 Å². The highest BCUT2D eigenvalue weighted by molar-refractivity contribution is 5.76. The number of carbonyl (C=O) groups is 1. The van der Waals surface area contributed by atoms with Gasteiger partial charge in [0.05, 0.1) is 18.5 Å². The summed E-state index contributed by atoms with van der Waals surface area (Å²) in [5, 5.41) is 0. The first-order chi connectivity index (χ1) is 12.8. The fourth-order valence-corrected chi connectivity index (χ4v) is 4.12. The highest BCUT2D eigenvalue weighted by atomic mass is 16.5. The lowest BCUT2D eigenvalue weighted by Gasteiger charge is -2.52. The highest BCUT2D eigenvalue weighted by Crippen LogP contribution is 2.39. The molecule has 2 aliphatic heterocycles. The first kappa shape index (κ1) is 17.2. The van der Waals surface area contributed by atoms with E-state index >= 15 is 0 Å². The summed E-state index contributed by atoms with van der Waals surface area (Å²) in [4.78, 5) is 25.2. The standard InChI is InChI=1S/C19H25N5O2/c1-26-17-12-24(19(17)15-3-2-6-20-11-15)16-4-8-23(9-5-16)18(25)13-22-10-7-21-14-22/h2-3,6-7,10-11,14,16-17,19H,4-5,8-9,12-13H2,1H3/t17-,19-/m0/s1. The Kier molecular flexibility index (Phi) is 4.99. The summed E-state index contributed by atoms with van der Waals surface area (Å²) in [5.74, 6) is 0.170. The Morgan fingerprint density at radius 2 is 2.12 bits per heavy atom. The normalized spacial score (nSPS) is 24.4. The van der Waals surface area contributed by atoms with Crippen LogP contribution in [0.1, 0.15) is 24.4 Å². The topological polar surface area (TPSA) is 63.5 Å². The third kappa shape index (κ3) is 3.37. The average Bonchev–Trinajstić information content (AvgIpc) is 3.16. The Labute approximate surface area is 153 Å². The number of ether oxygens (including phenoxy) is 1. The van der Waals surface area contributed by atoms with E-state index in [1.165, 1.54) is 5.56 Å². The van der Waals surface area contributed by atoms with Crippen LogP contribution < -0.4 is 0 Å². The van der Waals surface area contributed by atoms with E-state index < -0.39 is 0 Å². The largest absolute Gasteiger partial charge is 0.378 e. The minimum atomic E-state index is 0.170. The maximum atomic E-state index is 12.4. The Hall–Kier alpha value is -2.25. The lowest BCUT2D eigenvalue weighted by molar-refractivity contribution is -0.138. The number of carbonyl (C=O) groups excluding carboxylic acids is 1. The van der Waals surface area contributed by atoms with E-state index in [0.29, 0.717) is 12.6 Å². The lowest BCUT2D eigenvalue weighted by Crippen LogP contribution is -2.60. The zero-order valence-electron chi connectivity index (χ0n) is 15.1. The van der Waals surface area contributed by atoms with Gasteiger partial charge in [0.25, 0.3) is 0 Å². The molecule has 2 fully saturated rings.